The molecule has 5 heteroatoms. The fraction of sp³-hybridized carbons (Fsp3) is 0.143. The largest absolute Gasteiger partial charge is 0.495 e. The molecule has 0 aliphatic carbocycles. The molecule has 19 heavy (non-hydrogen) atoms. The number of hydrogen-bond acceptors (Lipinski definition) is 2. The summed E-state index contributed by atoms with van der Waals surface area (Å²) >= 11 is 11.9. The monoisotopic (exact) mass is 299 g/mol. The molecule has 0 fully saturated rings. The van der Waals surface area contributed by atoms with Gasteiger partial charge in [0.1, 0.15) is 11.6 Å². The molecule has 100 valence electrons. The van der Waals surface area contributed by atoms with Crippen LogP contribution in [-0.4, -0.2) is 7.11 Å². The normalized spacial score (nSPS) is 10.3. The minimum atomic E-state index is -0.345. The topological polar surface area (TPSA) is 21.3 Å². The van der Waals surface area contributed by atoms with Crippen LogP contribution >= 0.6 is 23.2 Å². The van der Waals surface area contributed by atoms with Crippen molar-refractivity contribution >= 4 is 28.9 Å². The molecule has 2 rings (SSSR count). The van der Waals surface area contributed by atoms with Crippen molar-refractivity contribution in [3.05, 3.63) is 57.8 Å². The van der Waals surface area contributed by atoms with Gasteiger partial charge in [-0.2, -0.15) is 0 Å². The number of rotatable bonds is 4. The number of hydrogen-bond donors (Lipinski definition) is 1. The van der Waals surface area contributed by atoms with Crippen LogP contribution in [0.5, 0.6) is 5.75 Å². The fourth-order valence-electron chi connectivity index (χ4n) is 1.63. The van der Waals surface area contributed by atoms with Crippen molar-refractivity contribution in [2.45, 2.75) is 6.54 Å². The number of anilines is 1. The molecule has 0 saturated carbocycles. The summed E-state index contributed by atoms with van der Waals surface area (Å²) in [6.45, 7) is 0.490. The summed E-state index contributed by atoms with van der Waals surface area (Å²) in [5, 5.41) is 4.12. The first-order chi connectivity index (χ1) is 9.10. The Hall–Kier alpha value is -1.45. The van der Waals surface area contributed by atoms with Gasteiger partial charge >= 0.3 is 0 Å². The number of ether oxygens (including phenoxy) is 1. The third-order valence-corrected chi connectivity index (χ3v) is 3.31. The van der Waals surface area contributed by atoms with E-state index in [1.54, 1.807) is 25.3 Å². The van der Waals surface area contributed by atoms with Crippen molar-refractivity contribution < 1.29 is 9.13 Å². The molecule has 0 heterocycles. The third kappa shape index (κ3) is 3.52. The lowest BCUT2D eigenvalue weighted by atomic mass is 10.2. The molecule has 0 spiro atoms. The first-order valence-corrected chi connectivity index (χ1v) is 6.37. The summed E-state index contributed by atoms with van der Waals surface area (Å²) in [6.07, 6.45) is 0. The van der Waals surface area contributed by atoms with Crippen molar-refractivity contribution in [1.82, 2.24) is 0 Å². The van der Waals surface area contributed by atoms with Gasteiger partial charge < -0.3 is 10.1 Å². The highest BCUT2D eigenvalue weighted by molar-refractivity contribution is 6.32. The Labute approximate surface area is 121 Å². The van der Waals surface area contributed by atoms with Gasteiger partial charge in [-0.3, -0.25) is 0 Å². The quantitative estimate of drug-likeness (QED) is 0.879. The molecule has 0 aliphatic heterocycles. The van der Waals surface area contributed by atoms with E-state index in [1.807, 2.05) is 6.07 Å². The van der Waals surface area contributed by atoms with E-state index in [4.69, 9.17) is 27.9 Å². The average Bonchev–Trinajstić information content (AvgIpc) is 2.39. The molecule has 0 unspecified atom stereocenters. The van der Waals surface area contributed by atoms with Gasteiger partial charge in [0.25, 0.3) is 0 Å². The van der Waals surface area contributed by atoms with Gasteiger partial charge in [-0.1, -0.05) is 29.3 Å². The highest BCUT2D eigenvalue weighted by atomic mass is 35.5. The van der Waals surface area contributed by atoms with Gasteiger partial charge in [0, 0.05) is 23.3 Å². The maximum absolute atomic E-state index is 12.9. The fourth-order valence-corrected chi connectivity index (χ4v) is 2.06. The lowest BCUT2D eigenvalue weighted by molar-refractivity contribution is 0.415. The Morgan fingerprint density at radius 3 is 2.58 bits per heavy atom. The molecule has 2 nitrogen and oxygen atoms in total. The van der Waals surface area contributed by atoms with Crippen LogP contribution in [0, 0.1) is 5.82 Å². The number of nitrogens with one attached hydrogen (secondary N) is 1. The van der Waals surface area contributed by atoms with Crippen LogP contribution in [0.25, 0.3) is 0 Å². The number of halogens is 3. The number of methoxy groups -OCH3 is 1. The molecule has 0 amide bonds. The van der Waals surface area contributed by atoms with Crippen molar-refractivity contribution in [3.63, 3.8) is 0 Å². The predicted octanol–water partition coefficient (Wildman–Crippen LogP) is 4.75. The summed E-state index contributed by atoms with van der Waals surface area (Å²) in [5.74, 6) is 0.249. The van der Waals surface area contributed by atoms with E-state index in [1.165, 1.54) is 12.1 Å². The summed E-state index contributed by atoms with van der Waals surface area (Å²) < 4.78 is 18.0. The van der Waals surface area contributed by atoms with Crippen LogP contribution < -0.4 is 10.1 Å². The van der Waals surface area contributed by atoms with Crippen LogP contribution in [0.15, 0.2) is 36.4 Å². The zero-order valence-corrected chi connectivity index (χ0v) is 11.7. The van der Waals surface area contributed by atoms with E-state index in [2.05, 4.69) is 5.32 Å². The second kappa shape index (κ2) is 6.13. The van der Waals surface area contributed by atoms with E-state index in [-0.39, 0.29) is 5.82 Å². The minimum Gasteiger partial charge on any atom is -0.495 e. The second-order valence-electron chi connectivity index (χ2n) is 3.94. The molecule has 0 aliphatic rings. The highest BCUT2D eigenvalue weighted by Crippen LogP contribution is 2.28. The molecule has 1 N–H and O–H groups in total. The molecule has 0 atom stereocenters. The predicted molar refractivity (Wildman–Crippen MR) is 76.7 cm³/mol. The minimum absolute atomic E-state index is 0.345. The van der Waals surface area contributed by atoms with Crippen molar-refractivity contribution in [2.24, 2.45) is 0 Å². The van der Waals surface area contributed by atoms with Crippen LogP contribution in [-0.2, 0) is 6.54 Å². The Morgan fingerprint density at radius 1 is 1.11 bits per heavy atom. The van der Waals surface area contributed by atoms with Crippen LogP contribution in [0.4, 0.5) is 10.1 Å². The lowest BCUT2D eigenvalue weighted by Gasteiger charge is -2.10. The Morgan fingerprint density at radius 2 is 1.89 bits per heavy atom. The van der Waals surface area contributed by atoms with Crippen LogP contribution in [0.1, 0.15) is 5.56 Å². The maximum atomic E-state index is 12.9. The summed E-state index contributed by atoms with van der Waals surface area (Å²) in [7, 11) is 1.56. The maximum Gasteiger partial charge on any atom is 0.139 e. The zero-order valence-electron chi connectivity index (χ0n) is 10.2. The third-order valence-electron chi connectivity index (χ3n) is 2.65. The Bertz CT molecular complexity index is 590. The van der Waals surface area contributed by atoms with Gasteiger partial charge in [0.15, 0.2) is 0 Å². The molecule has 0 radical (unpaired) electrons. The van der Waals surface area contributed by atoms with Gasteiger partial charge in [0.2, 0.25) is 0 Å². The molecule has 0 saturated heterocycles. The second-order valence-corrected chi connectivity index (χ2v) is 4.75. The highest BCUT2D eigenvalue weighted by Gasteiger charge is 2.04. The standard InChI is InChI=1S/C14H12Cl2FNO/c1-19-14-7-11(4-5-12(14)15)18-8-9-2-3-10(17)6-13(9)16/h2-7,18H,8H2,1H3. The van der Waals surface area contributed by atoms with Gasteiger partial charge in [-0.15, -0.1) is 0 Å². The van der Waals surface area contributed by atoms with Crippen LogP contribution in [0.2, 0.25) is 10.0 Å². The first-order valence-electron chi connectivity index (χ1n) is 5.61. The molecule has 2 aromatic carbocycles. The Kier molecular flexibility index (Phi) is 4.51. The molecule has 0 aromatic heterocycles. The van der Waals surface area contributed by atoms with E-state index >= 15 is 0 Å². The van der Waals surface area contributed by atoms with E-state index < -0.39 is 0 Å². The SMILES string of the molecule is COc1cc(NCc2ccc(F)cc2Cl)ccc1Cl. The Balaban J connectivity index is 2.10. The van der Waals surface area contributed by atoms with Crippen molar-refractivity contribution in [3.8, 4) is 5.75 Å². The first kappa shape index (κ1) is 14.0. The van der Waals surface area contributed by atoms with Gasteiger partial charge in [0.05, 0.1) is 12.1 Å². The van der Waals surface area contributed by atoms with Crippen molar-refractivity contribution in [1.29, 1.82) is 0 Å². The molecule has 0 bridgehead atoms. The van der Waals surface area contributed by atoms with E-state index in [0.29, 0.717) is 22.3 Å². The zero-order chi connectivity index (χ0) is 13.8. The average molecular weight is 300 g/mol. The van der Waals surface area contributed by atoms with Gasteiger partial charge in [-0.05, 0) is 29.8 Å². The van der Waals surface area contributed by atoms with Crippen LogP contribution in [0.3, 0.4) is 0 Å². The molecule has 2 aromatic rings. The molecular formula is C14H12Cl2FNO. The van der Waals surface area contributed by atoms with Crippen molar-refractivity contribution in [2.75, 3.05) is 12.4 Å². The summed E-state index contributed by atoms with van der Waals surface area (Å²) in [5.41, 5.74) is 1.67. The number of benzene rings is 2. The lowest BCUT2D eigenvalue weighted by Crippen LogP contribution is -2.00. The summed E-state index contributed by atoms with van der Waals surface area (Å²) in [6, 6.07) is 9.70. The summed E-state index contributed by atoms with van der Waals surface area (Å²) in [4.78, 5) is 0. The van der Waals surface area contributed by atoms with E-state index in [9.17, 15) is 4.39 Å². The smallest absolute Gasteiger partial charge is 0.139 e. The molecular weight excluding hydrogens is 288 g/mol. The van der Waals surface area contributed by atoms with Gasteiger partial charge in [-0.25, -0.2) is 4.39 Å². The van der Waals surface area contributed by atoms with E-state index in [0.717, 1.165) is 11.3 Å².